The second-order valence-electron chi connectivity index (χ2n) is 8.70. The highest BCUT2D eigenvalue weighted by Gasteiger charge is 2.33. The standard InChI is InChI=1S/C21H29ClFN7O/c1-13-18-20(31-10-2-8-24-19-17(22)11-25-21(26-18)27-19)28-30(13)16-5-3-15(4-6-16)29-9-7-14(23)12-29/h11,14-16H,2-10,12H2,1H3,(H2,24,25,26,27). The van der Waals surface area contributed by atoms with E-state index < -0.39 is 6.17 Å². The molecule has 2 fully saturated rings. The Balaban J connectivity index is 1.35. The molecule has 1 saturated heterocycles. The van der Waals surface area contributed by atoms with Crippen molar-refractivity contribution in [1.82, 2.24) is 24.6 Å². The Morgan fingerprint density at radius 1 is 1.19 bits per heavy atom. The van der Waals surface area contributed by atoms with Gasteiger partial charge in [0.25, 0.3) is 5.88 Å². The molecule has 0 radical (unpaired) electrons. The van der Waals surface area contributed by atoms with Gasteiger partial charge in [0.05, 0.1) is 24.5 Å². The van der Waals surface area contributed by atoms with Crippen molar-refractivity contribution >= 4 is 29.1 Å². The maximum absolute atomic E-state index is 13.6. The maximum atomic E-state index is 13.6. The lowest BCUT2D eigenvalue weighted by molar-refractivity contribution is 0.151. The number of aromatic nitrogens is 4. The maximum Gasteiger partial charge on any atom is 0.257 e. The molecule has 3 aliphatic rings. The minimum Gasteiger partial charge on any atom is -0.475 e. The Bertz CT molecular complexity index is 931. The molecule has 5 rings (SSSR count). The average Bonchev–Trinajstić information content (AvgIpc) is 3.33. The summed E-state index contributed by atoms with van der Waals surface area (Å²) in [5.74, 6) is 1.66. The molecular formula is C21H29ClFN7O. The van der Waals surface area contributed by atoms with E-state index in [-0.39, 0.29) is 0 Å². The summed E-state index contributed by atoms with van der Waals surface area (Å²) in [6.07, 6.45) is 6.64. The monoisotopic (exact) mass is 449 g/mol. The van der Waals surface area contributed by atoms with E-state index in [1.165, 1.54) is 0 Å². The van der Waals surface area contributed by atoms with E-state index in [2.05, 4.69) is 37.1 Å². The van der Waals surface area contributed by atoms with Crippen LogP contribution >= 0.6 is 11.6 Å². The van der Waals surface area contributed by atoms with Crippen LogP contribution in [0.3, 0.4) is 0 Å². The van der Waals surface area contributed by atoms with Crippen LogP contribution in [0.15, 0.2) is 6.20 Å². The van der Waals surface area contributed by atoms with Crippen LogP contribution < -0.4 is 15.4 Å². The molecule has 2 N–H and O–H groups in total. The molecule has 2 aromatic heterocycles. The summed E-state index contributed by atoms with van der Waals surface area (Å²) >= 11 is 6.21. The van der Waals surface area contributed by atoms with E-state index in [4.69, 9.17) is 21.4 Å². The predicted molar refractivity (Wildman–Crippen MR) is 118 cm³/mol. The van der Waals surface area contributed by atoms with Gasteiger partial charge in [0.2, 0.25) is 5.95 Å². The summed E-state index contributed by atoms with van der Waals surface area (Å²) < 4.78 is 21.7. The number of ether oxygens (including phenoxy) is 1. The normalized spacial score (nSPS) is 26.9. The van der Waals surface area contributed by atoms with Gasteiger partial charge in [0.15, 0.2) is 5.82 Å². The Hall–Kier alpha value is -2.13. The largest absolute Gasteiger partial charge is 0.475 e. The van der Waals surface area contributed by atoms with Gasteiger partial charge >= 0.3 is 0 Å². The van der Waals surface area contributed by atoms with Crippen molar-refractivity contribution in [3.05, 3.63) is 16.9 Å². The topological polar surface area (TPSA) is 80.1 Å². The van der Waals surface area contributed by atoms with Gasteiger partial charge in [-0.2, -0.15) is 4.98 Å². The Labute approximate surface area is 186 Å². The summed E-state index contributed by atoms with van der Waals surface area (Å²) in [4.78, 5) is 11.1. The molecule has 0 amide bonds. The summed E-state index contributed by atoms with van der Waals surface area (Å²) in [5, 5.41) is 11.8. The zero-order valence-corrected chi connectivity index (χ0v) is 18.5. The fraction of sp³-hybridized carbons (Fsp3) is 0.667. The first-order valence-corrected chi connectivity index (χ1v) is 11.6. The van der Waals surface area contributed by atoms with Gasteiger partial charge in [-0.05, 0) is 45.4 Å². The van der Waals surface area contributed by atoms with Crippen molar-refractivity contribution in [2.75, 3.05) is 36.9 Å². The van der Waals surface area contributed by atoms with Crippen molar-refractivity contribution < 1.29 is 9.13 Å². The van der Waals surface area contributed by atoms with Gasteiger partial charge in [-0.3, -0.25) is 9.58 Å². The van der Waals surface area contributed by atoms with Crippen LogP contribution in [0.2, 0.25) is 5.02 Å². The molecule has 8 nitrogen and oxygen atoms in total. The van der Waals surface area contributed by atoms with Gasteiger partial charge in [0.1, 0.15) is 16.9 Å². The Kier molecular flexibility index (Phi) is 5.88. The molecule has 0 spiro atoms. The number of nitrogens with zero attached hydrogens (tertiary/aromatic N) is 5. The molecule has 1 atom stereocenters. The summed E-state index contributed by atoms with van der Waals surface area (Å²) in [6, 6.07) is 0.807. The van der Waals surface area contributed by atoms with E-state index in [0.717, 1.165) is 50.0 Å². The van der Waals surface area contributed by atoms with E-state index in [1.54, 1.807) is 6.20 Å². The number of halogens is 2. The highest BCUT2D eigenvalue weighted by molar-refractivity contribution is 6.32. The number of hydrogen-bond donors (Lipinski definition) is 2. The van der Waals surface area contributed by atoms with Crippen molar-refractivity contribution in [3.63, 3.8) is 0 Å². The second kappa shape index (κ2) is 8.78. The summed E-state index contributed by atoms with van der Waals surface area (Å²) in [6.45, 7) is 4.79. The molecule has 0 aromatic carbocycles. The molecule has 2 aromatic rings. The fourth-order valence-electron chi connectivity index (χ4n) is 4.95. The quantitative estimate of drug-likeness (QED) is 0.714. The highest BCUT2D eigenvalue weighted by atomic mass is 35.5. The Morgan fingerprint density at radius 2 is 2.00 bits per heavy atom. The van der Waals surface area contributed by atoms with Gasteiger partial charge in [0, 0.05) is 25.7 Å². The third kappa shape index (κ3) is 4.30. The van der Waals surface area contributed by atoms with Crippen LogP contribution in [0.1, 0.15) is 50.3 Å². The van der Waals surface area contributed by atoms with Crippen LogP contribution in [0.5, 0.6) is 5.88 Å². The molecule has 2 bridgehead atoms. The molecule has 4 heterocycles. The SMILES string of the molecule is Cc1c2c(nn1C1CCC(N3CCC(F)C3)CC1)OCCCNc1nc(ncc1Cl)N2. The highest BCUT2D eigenvalue weighted by Crippen LogP contribution is 2.38. The third-order valence-corrected chi connectivity index (χ3v) is 6.92. The number of likely N-dealkylation sites (tertiary alicyclic amines) is 1. The first-order chi connectivity index (χ1) is 15.1. The van der Waals surface area contributed by atoms with E-state index in [0.29, 0.717) is 60.9 Å². The molecule has 31 heavy (non-hydrogen) atoms. The molecule has 1 unspecified atom stereocenters. The van der Waals surface area contributed by atoms with Crippen LogP contribution in [0.25, 0.3) is 0 Å². The number of nitrogens with one attached hydrogen (secondary N) is 2. The van der Waals surface area contributed by atoms with E-state index >= 15 is 0 Å². The van der Waals surface area contributed by atoms with Crippen LogP contribution in [-0.4, -0.2) is 63.1 Å². The minimum absolute atomic E-state index is 0.314. The average molecular weight is 450 g/mol. The van der Waals surface area contributed by atoms with Gasteiger partial charge < -0.3 is 15.4 Å². The number of anilines is 3. The van der Waals surface area contributed by atoms with E-state index in [9.17, 15) is 4.39 Å². The number of fused-ring (bicyclic) bond motifs is 3. The first-order valence-electron chi connectivity index (χ1n) is 11.2. The summed E-state index contributed by atoms with van der Waals surface area (Å²) in [7, 11) is 0. The van der Waals surface area contributed by atoms with Crippen LogP contribution in [-0.2, 0) is 0 Å². The van der Waals surface area contributed by atoms with Crippen molar-refractivity contribution in [1.29, 1.82) is 0 Å². The molecule has 168 valence electrons. The van der Waals surface area contributed by atoms with Crippen LogP contribution in [0.4, 0.5) is 21.8 Å². The second-order valence-corrected chi connectivity index (χ2v) is 9.10. The van der Waals surface area contributed by atoms with Crippen molar-refractivity contribution in [3.8, 4) is 5.88 Å². The number of alkyl halides is 1. The summed E-state index contributed by atoms with van der Waals surface area (Å²) in [5.41, 5.74) is 1.81. The van der Waals surface area contributed by atoms with Crippen molar-refractivity contribution in [2.45, 2.75) is 63.7 Å². The Morgan fingerprint density at radius 3 is 2.77 bits per heavy atom. The molecule has 2 aliphatic heterocycles. The number of hydrogen-bond acceptors (Lipinski definition) is 7. The molecule has 1 saturated carbocycles. The lowest BCUT2D eigenvalue weighted by atomic mass is 9.90. The first kappa shape index (κ1) is 20.8. The van der Waals surface area contributed by atoms with Crippen LogP contribution in [0, 0.1) is 6.92 Å². The van der Waals surface area contributed by atoms with Gasteiger partial charge in [-0.25, -0.2) is 9.37 Å². The predicted octanol–water partition coefficient (Wildman–Crippen LogP) is 4.10. The van der Waals surface area contributed by atoms with E-state index in [1.807, 2.05) is 0 Å². The minimum atomic E-state index is -0.655. The third-order valence-electron chi connectivity index (χ3n) is 6.64. The lowest BCUT2D eigenvalue weighted by Gasteiger charge is -2.34. The smallest absolute Gasteiger partial charge is 0.257 e. The zero-order chi connectivity index (χ0) is 21.4. The molecule has 1 aliphatic carbocycles. The molecule has 10 heteroatoms. The molecular weight excluding hydrogens is 421 g/mol. The van der Waals surface area contributed by atoms with Gasteiger partial charge in [-0.15, -0.1) is 5.10 Å². The van der Waals surface area contributed by atoms with Crippen molar-refractivity contribution in [2.24, 2.45) is 0 Å². The number of rotatable bonds is 2. The fourth-order valence-corrected chi connectivity index (χ4v) is 5.10. The van der Waals surface area contributed by atoms with Gasteiger partial charge in [-0.1, -0.05) is 11.6 Å². The lowest BCUT2D eigenvalue weighted by Crippen LogP contribution is -2.37. The zero-order valence-electron chi connectivity index (χ0n) is 17.8.